The van der Waals surface area contributed by atoms with E-state index < -0.39 is 84.1 Å². The van der Waals surface area contributed by atoms with Gasteiger partial charge in [0.25, 0.3) is 0 Å². The van der Waals surface area contributed by atoms with E-state index in [1.165, 1.54) is 12.2 Å². The molecular formula is C18H12F17N3O2. The lowest BCUT2D eigenvalue weighted by atomic mass is 9.88. The maximum atomic E-state index is 14.2. The van der Waals surface area contributed by atoms with Crippen molar-refractivity contribution in [2.24, 2.45) is 0 Å². The Morgan fingerprint density at radius 1 is 0.550 bits per heavy atom. The van der Waals surface area contributed by atoms with E-state index in [1.54, 1.807) is 0 Å². The molecule has 1 aromatic rings. The second-order valence-corrected chi connectivity index (χ2v) is 8.90. The molecule has 2 aliphatic heterocycles. The van der Waals surface area contributed by atoms with Crippen molar-refractivity contribution in [1.29, 1.82) is 0 Å². The fourth-order valence-electron chi connectivity index (χ4n) is 4.11. The van der Waals surface area contributed by atoms with E-state index in [2.05, 4.69) is 0 Å². The largest absolute Gasteiger partial charge is 0.460 e. The van der Waals surface area contributed by atoms with Crippen molar-refractivity contribution in [3.8, 4) is 0 Å². The predicted molar refractivity (Wildman–Crippen MR) is 94.7 cm³/mol. The highest BCUT2D eigenvalue weighted by atomic mass is 19.4. The average molecular weight is 625 g/mol. The smallest absolute Gasteiger partial charge is 0.246 e. The maximum Gasteiger partial charge on any atom is 0.460 e. The van der Waals surface area contributed by atoms with Gasteiger partial charge in [-0.15, -0.1) is 0 Å². The number of fused-ring (bicyclic) bond motifs is 1. The molecule has 4 rings (SSSR count). The van der Waals surface area contributed by atoms with Crippen LogP contribution in [-0.2, 0) is 6.54 Å². The molecule has 1 aromatic heterocycles. The minimum absolute atomic E-state index is 0.228. The topological polar surface area (TPSA) is 48.9 Å². The van der Waals surface area contributed by atoms with Crippen LogP contribution in [0.2, 0.25) is 0 Å². The lowest BCUT2D eigenvalue weighted by Crippen LogP contribution is -2.74. The molecule has 0 amide bonds. The van der Waals surface area contributed by atoms with E-state index in [1.807, 2.05) is 0 Å². The Kier molecular flexibility index (Phi) is 6.88. The van der Waals surface area contributed by atoms with Crippen LogP contribution in [0.15, 0.2) is 21.7 Å². The number of halogens is 17. The molecule has 40 heavy (non-hydrogen) atoms. The summed E-state index contributed by atoms with van der Waals surface area (Å²) in [6, 6.07) is -1.68. The van der Waals surface area contributed by atoms with Crippen molar-refractivity contribution >= 4 is 0 Å². The number of nitrogens with zero attached hydrogens (tertiary/aromatic N) is 3. The van der Waals surface area contributed by atoms with Gasteiger partial charge in [0.15, 0.2) is 0 Å². The van der Waals surface area contributed by atoms with Crippen LogP contribution in [0.25, 0.3) is 0 Å². The molecule has 5 nitrogen and oxygen atoms in total. The molecule has 0 spiro atoms. The summed E-state index contributed by atoms with van der Waals surface area (Å²) in [6.07, 6.45) is -7.48. The van der Waals surface area contributed by atoms with Gasteiger partial charge in [0.1, 0.15) is 0 Å². The normalized spacial score (nSPS) is 21.2. The number of hydrogen-bond acceptors (Lipinski definition) is 2. The molecule has 0 fully saturated rings. The summed E-state index contributed by atoms with van der Waals surface area (Å²) in [6.45, 7) is -1.97. The Bertz CT molecular complexity index is 1250. The van der Waals surface area contributed by atoms with Gasteiger partial charge in [-0.2, -0.15) is 74.6 Å². The molecule has 2 bridgehead atoms. The first kappa shape index (κ1) is 31.8. The highest BCUT2D eigenvalue weighted by Crippen LogP contribution is 2.64. The van der Waals surface area contributed by atoms with E-state index in [0.717, 1.165) is 0 Å². The van der Waals surface area contributed by atoms with Crippen molar-refractivity contribution in [2.75, 3.05) is 0 Å². The summed E-state index contributed by atoms with van der Waals surface area (Å²) in [4.78, 5) is 24.8. The van der Waals surface area contributed by atoms with E-state index in [9.17, 15) is 84.2 Å². The minimum Gasteiger partial charge on any atom is -0.246 e. The highest BCUT2D eigenvalue weighted by molar-refractivity contribution is 5.15. The first-order valence-corrected chi connectivity index (χ1v) is 10.5. The minimum atomic E-state index is -8.72. The van der Waals surface area contributed by atoms with Gasteiger partial charge in [-0.25, -0.2) is 23.5 Å². The van der Waals surface area contributed by atoms with Crippen molar-refractivity contribution < 1.29 is 74.6 Å². The molecule has 0 radical (unpaired) electrons. The summed E-state index contributed by atoms with van der Waals surface area (Å²) in [5.74, 6) is -57.2. The standard InChI is InChI=1S/C18H12F17N3O2/c19-11(20,5-6-36-9(39)37-7-1-2-8(4-3-7)38(37)10(36)40)12(21,22)13(23,24)14(25,26)15(27,28)16(29,30)17(31,32)18(33,34)35/h1-2,7-8H,3-6H2/t7-,8+. The number of allylic oxidation sites excluding steroid dienone is 2. The lowest BCUT2D eigenvalue weighted by Gasteiger charge is -2.42. The van der Waals surface area contributed by atoms with Crippen LogP contribution in [0.5, 0.6) is 0 Å². The number of alkyl halides is 17. The van der Waals surface area contributed by atoms with E-state index in [4.69, 9.17) is 0 Å². The van der Waals surface area contributed by atoms with Crippen LogP contribution in [0.3, 0.4) is 0 Å². The van der Waals surface area contributed by atoms with Crippen LogP contribution in [-0.4, -0.2) is 61.6 Å². The zero-order valence-corrected chi connectivity index (χ0v) is 18.7. The summed E-state index contributed by atoms with van der Waals surface area (Å²) < 4.78 is 228. The maximum absolute atomic E-state index is 14.2. The third-order valence-corrected chi connectivity index (χ3v) is 6.46. The van der Waals surface area contributed by atoms with Gasteiger partial charge in [0.05, 0.1) is 12.1 Å². The van der Waals surface area contributed by atoms with E-state index in [-0.39, 0.29) is 17.4 Å². The van der Waals surface area contributed by atoms with Crippen LogP contribution in [0.1, 0.15) is 31.3 Å². The molecule has 1 aliphatic carbocycles. The van der Waals surface area contributed by atoms with Crippen molar-refractivity contribution in [3.05, 3.63) is 33.1 Å². The Labute approximate surface area is 208 Å². The lowest BCUT2D eigenvalue weighted by molar-refractivity contribution is -0.461. The zero-order valence-electron chi connectivity index (χ0n) is 18.7. The summed E-state index contributed by atoms with van der Waals surface area (Å²) in [7, 11) is 0. The van der Waals surface area contributed by atoms with Crippen LogP contribution < -0.4 is 11.4 Å². The Hall–Kier alpha value is -2.71. The first-order chi connectivity index (χ1) is 17.6. The number of hydrogen-bond donors (Lipinski definition) is 0. The van der Waals surface area contributed by atoms with Gasteiger partial charge >= 0.3 is 59.0 Å². The molecule has 3 aliphatic rings. The Morgan fingerprint density at radius 3 is 1.20 bits per heavy atom. The summed E-state index contributed by atoms with van der Waals surface area (Å²) in [5.41, 5.74) is -2.94. The van der Waals surface area contributed by atoms with E-state index in [0.29, 0.717) is 9.36 Å². The molecule has 0 N–H and O–H groups in total. The molecular weight excluding hydrogens is 613 g/mol. The molecule has 22 heteroatoms. The fraction of sp³-hybridized carbons (Fsp3) is 0.778. The van der Waals surface area contributed by atoms with Gasteiger partial charge < -0.3 is 0 Å². The van der Waals surface area contributed by atoms with Crippen LogP contribution >= 0.6 is 0 Å². The molecule has 0 aromatic carbocycles. The van der Waals surface area contributed by atoms with Crippen LogP contribution in [0.4, 0.5) is 74.6 Å². The Morgan fingerprint density at radius 2 is 0.875 bits per heavy atom. The third-order valence-electron chi connectivity index (χ3n) is 6.46. The van der Waals surface area contributed by atoms with Gasteiger partial charge in [0.2, 0.25) is 0 Å². The molecule has 230 valence electrons. The monoisotopic (exact) mass is 625 g/mol. The Balaban J connectivity index is 1.97. The predicted octanol–water partition coefficient (Wildman–Crippen LogP) is 5.66. The second-order valence-electron chi connectivity index (χ2n) is 8.90. The van der Waals surface area contributed by atoms with Gasteiger partial charge in [-0.1, -0.05) is 12.2 Å². The number of rotatable bonds is 9. The summed E-state index contributed by atoms with van der Waals surface area (Å²) >= 11 is 0. The van der Waals surface area contributed by atoms with Gasteiger partial charge in [0, 0.05) is 13.0 Å². The first-order valence-electron chi connectivity index (χ1n) is 10.5. The van der Waals surface area contributed by atoms with E-state index >= 15 is 0 Å². The second kappa shape index (κ2) is 8.65. The van der Waals surface area contributed by atoms with Crippen LogP contribution in [0, 0.1) is 0 Å². The van der Waals surface area contributed by atoms with Crippen molar-refractivity contribution in [3.63, 3.8) is 0 Å². The van der Waals surface area contributed by atoms with Gasteiger partial charge in [-0.05, 0) is 12.8 Å². The molecule has 0 saturated carbocycles. The molecule has 0 saturated heterocycles. The fourth-order valence-corrected chi connectivity index (χ4v) is 4.11. The number of aromatic nitrogens is 3. The quantitative estimate of drug-likeness (QED) is 0.263. The SMILES string of the molecule is O=c1n(CCC(F)(F)C(F)(F)C(F)(F)C(F)(F)C(F)(F)C(F)(F)C(F)(F)C(F)(F)F)c(=O)n2n1[C@@H]1C=C[C@H]2CC1. The average Bonchev–Trinajstić information content (AvgIpc) is 3.08. The van der Waals surface area contributed by atoms with Gasteiger partial charge in [-0.3, -0.25) is 0 Å². The molecule has 2 atom stereocenters. The third kappa shape index (κ3) is 3.82. The zero-order chi connectivity index (χ0) is 31.3. The summed E-state index contributed by atoms with van der Waals surface area (Å²) in [5, 5.41) is 0. The molecule has 3 heterocycles. The van der Waals surface area contributed by atoms with Crippen molar-refractivity contribution in [2.45, 2.75) is 85.5 Å². The van der Waals surface area contributed by atoms with Crippen molar-refractivity contribution in [1.82, 2.24) is 13.9 Å². The molecule has 0 unspecified atom stereocenters. The highest BCUT2D eigenvalue weighted by Gasteiger charge is 2.95.